The maximum absolute atomic E-state index is 9.17. The number of azide groups is 1. The smallest absolute Gasteiger partial charge is 0.102 e. The van der Waals surface area contributed by atoms with Crippen molar-refractivity contribution in [3.8, 4) is 6.07 Å². The minimum atomic E-state index is -0.224. The van der Waals surface area contributed by atoms with Crippen molar-refractivity contribution < 1.29 is 0 Å². The van der Waals surface area contributed by atoms with Gasteiger partial charge in [0, 0.05) is 17.4 Å². The summed E-state index contributed by atoms with van der Waals surface area (Å²) in [6.45, 7) is 3.17. The highest BCUT2D eigenvalue weighted by atomic mass is 15.1. The van der Waals surface area contributed by atoms with Gasteiger partial charge in [0.1, 0.15) is 6.04 Å². The summed E-state index contributed by atoms with van der Waals surface area (Å²) in [4.78, 5) is 2.69. The van der Waals surface area contributed by atoms with Gasteiger partial charge in [0.2, 0.25) is 0 Å². The van der Waals surface area contributed by atoms with Gasteiger partial charge in [-0.1, -0.05) is 42.4 Å². The van der Waals surface area contributed by atoms with E-state index in [2.05, 4.69) is 21.4 Å². The van der Waals surface area contributed by atoms with Crippen molar-refractivity contribution in [2.75, 3.05) is 13.1 Å². The van der Waals surface area contributed by atoms with Crippen LogP contribution in [0.5, 0.6) is 0 Å². The molecule has 0 saturated carbocycles. The Hall–Kier alpha value is -2.02. The van der Waals surface area contributed by atoms with E-state index in [4.69, 9.17) is 10.8 Å². The fourth-order valence-corrected chi connectivity index (χ4v) is 1.74. The maximum Gasteiger partial charge on any atom is 0.102 e. The first-order valence-corrected chi connectivity index (χ1v) is 5.98. The molecule has 94 valence electrons. The number of hydrogen-bond donors (Lipinski definition) is 1. The third kappa shape index (κ3) is 4.46. The lowest BCUT2D eigenvalue weighted by atomic mass is 9.94. The monoisotopic (exact) mass is 243 g/mol. The molecule has 18 heavy (non-hydrogen) atoms. The maximum atomic E-state index is 9.17. The van der Waals surface area contributed by atoms with Crippen LogP contribution in [-0.2, 0) is 0 Å². The molecule has 0 amide bonds. The molecule has 2 unspecified atom stereocenters. The zero-order valence-electron chi connectivity index (χ0n) is 10.5. The van der Waals surface area contributed by atoms with Crippen LogP contribution < -0.4 is 5.32 Å². The standard InChI is InChI=1S/C13H17N5/c1-11(12-6-3-2-4-7-12)13(10-14)16-8-5-9-17-18-15/h2-4,6-7,11,13,16H,5,8-9H2,1H3. The lowest BCUT2D eigenvalue weighted by Gasteiger charge is -2.19. The van der Waals surface area contributed by atoms with Crippen LogP contribution in [0.25, 0.3) is 10.4 Å². The van der Waals surface area contributed by atoms with Gasteiger partial charge in [0.05, 0.1) is 6.07 Å². The summed E-state index contributed by atoms with van der Waals surface area (Å²) < 4.78 is 0. The highest BCUT2D eigenvalue weighted by Crippen LogP contribution is 2.18. The lowest BCUT2D eigenvalue weighted by Crippen LogP contribution is -2.33. The van der Waals surface area contributed by atoms with E-state index in [0.29, 0.717) is 13.1 Å². The minimum absolute atomic E-state index is 0.135. The van der Waals surface area contributed by atoms with E-state index in [1.165, 1.54) is 0 Å². The number of nitrogens with zero attached hydrogens (tertiary/aromatic N) is 4. The number of nitriles is 1. The van der Waals surface area contributed by atoms with Crippen LogP contribution in [0.2, 0.25) is 0 Å². The van der Waals surface area contributed by atoms with E-state index >= 15 is 0 Å². The Labute approximate surface area is 107 Å². The average Bonchev–Trinajstić information content (AvgIpc) is 2.43. The van der Waals surface area contributed by atoms with Crippen molar-refractivity contribution in [3.63, 3.8) is 0 Å². The molecule has 1 aromatic carbocycles. The third-order valence-electron chi connectivity index (χ3n) is 2.83. The van der Waals surface area contributed by atoms with E-state index in [9.17, 15) is 0 Å². The molecule has 0 heterocycles. The molecule has 1 aromatic rings. The minimum Gasteiger partial charge on any atom is -0.301 e. The van der Waals surface area contributed by atoms with Crippen LogP contribution in [0.3, 0.4) is 0 Å². The molecule has 0 aliphatic rings. The number of hydrogen-bond acceptors (Lipinski definition) is 3. The summed E-state index contributed by atoms with van der Waals surface area (Å²) in [5.74, 6) is 0.135. The van der Waals surface area contributed by atoms with Gasteiger partial charge in [-0.3, -0.25) is 0 Å². The van der Waals surface area contributed by atoms with E-state index < -0.39 is 0 Å². The first-order chi connectivity index (χ1) is 8.79. The van der Waals surface area contributed by atoms with E-state index in [0.717, 1.165) is 12.0 Å². The molecule has 0 saturated heterocycles. The van der Waals surface area contributed by atoms with Gasteiger partial charge < -0.3 is 5.32 Å². The highest BCUT2D eigenvalue weighted by Gasteiger charge is 2.17. The summed E-state index contributed by atoms with van der Waals surface area (Å²) in [5.41, 5.74) is 9.29. The SMILES string of the molecule is CC(c1ccccc1)C(C#N)NCCCN=[N+]=[N-]. The zero-order chi connectivity index (χ0) is 13.2. The van der Waals surface area contributed by atoms with Crippen molar-refractivity contribution in [1.82, 2.24) is 5.32 Å². The Morgan fingerprint density at radius 3 is 2.78 bits per heavy atom. The average molecular weight is 243 g/mol. The Morgan fingerprint density at radius 1 is 1.44 bits per heavy atom. The van der Waals surface area contributed by atoms with Gasteiger partial charge in [-0.25, -0.2) is 0 Å². The van der Waals surface area contributed by atoms with Crippen molar-refractivity contribution in [1.29, 1.82) is 5.26 Å². The quantitative estimate of drug-likeness (QED) is 0.345. The second-order valence-corrected chi connectivity index (χ2v) is 4.07. The number of nitrogens with one attached hydrogen (secondary N) is 1. The summed E-state index contributed by atoms with van der Waals surface area (Å²) in [5, 5.41) is 15.8. The normalized spacial score (nSPS) is 13.1. The topological polar surface area (TPSA) is 84.6 Å². The van der Waals surface area contributed by atoms with Crippen molar-refractivity contribution >= 4 is 0 Å². The molecule has 0 radical (unpaired) electrons. The van der Waals surface area contributed by atoms with E-state index in [1.54, 1.807) is 0 Å². The molecule has 0 spiro atoms. The molecule has 0 aromatic heterocycles. The molecular formula is C13H17N5. The fraction of sp³-hybridized carbons (Fsp3) is 0.462. The molecule has 2 atom stereocenters. The first kappa shape index (κ1) is 14.0. The largest absolute Gasteiger partial charge is 0.301 e. The summed E-state index contributed by atoms with van der Waals surface area (Å²) in [7, 11) is 0. The van der Waals surface area contributed by atoms with Gasteiger partial charge in [0.25, 0.3) is 0 Å². The van der Waals surface area contributed by atoms with Gasteiger partial charge in [-0.15, -0.1) is 0 Å². The van der Waals surface area contributed by atoms with Crippen LogP contribution in [0.1, 0.15) is 24.8 Å². The zero-order valence-corrected chi connectivity index (χ0v) is 10.5. The fourth-order valence-electron chi connectivity index (χ4n) is 1.74. The highest BCUT2D eigenvalue weighted by molar-refractivity contribution is 5.22. The van der Waals surface area contributed by atoms with E-state index in [-0.39, 0.29) is 12.0 Å². The van der Waals surface area contributed by atoms with Crippen molar-refractivity contribution in [2.45, 2.75) is 25.3 Å². The van der Waals surface area contributed by atoms with Crippen LogP contribution in [0, 0.1) is 11.3 Å². The molecule has 5 heteroatoms. The van der Waals surface area contributed by atoms with Gasteiger partial charge >= 0.3 is 0 Å². The molecule has 0 bridgehead atoms. The predicted octanol–water partition coefficient (Wildman–Crippen LogP) is 2.97. The summed E-state index contributed by atoms with van der Waals surface area (Å²) in [6.07, 6.45) is 0.740. The number of benzene rings is 1. The van der Waals surface area contributed by atoms with Gasteiger partial charge in [0.15, 0.2) is 0 Å². The molecule has 0 aliphatic carbocycles. The Kier molecular flexibility index (Phi) is 6.34. The van der Waals surface area contributed by atoms with E-state index in [1.807, 2.05) is 37.3 Å². The van der Waals surface area contributed by atoms with Gasteiger partial charge in [-0.05, 0) is 24.1 Å². The Balaban J connectivity index is 2.46. The second-order valence-electron chi connectivity index (χ2n) is 4.07. The van der Waals surface area contributed by atoms with Crippen LogP contribution in [0.15, 0.2) is 35.4 Å². The lowest BCUT2D eigenvalue weighted by molar-refractivity contribution is 0.523. The molecule has 5 nitrogen and oxygen atoms in total. The predicted molar refractivity (Wildman–Crippen MR) is 70.9 cm³/mol. The van der Waals surface area contributed by atoms with Crippen molar-refractivity contribution in [3.05, 3.63) is 46.3 Å². The number of rotatable bonds is 7. The van der Waals surface area contributed by atoms with Crippen molar-refractivity contribution in [2.24, 2.45) is 5.11 Å². The third-order valence-corrected chi connectivity index (χ3v) is 2.83. The molecular weight excluding hydrogens is 226 g/mol. The molecule has 1 N–H and O–H groups in total. The second kappa shape index (κ2) is 8.13. The Bertz CT molecular complexity index is 430. The van der Waals surface area contributed by atoms with Crippen LogP contribution in [0.4, 0.5) is 0 Å². The van der Waals surface area contributed by atoms with Crippen LogP contribution >= 0.6 is 0 Å². The summed E-state index contributed by atoms with van der Waals surface area (Å²) >= 11 is 0. The first-order valence-electron chi connectivity index (χ1n) is 5.98. The van der Waals surface area contributed by atoms with Crippen LogP contribution in [-0.4, -0.2) is 19.1 Å². The molecule has 0 aliphatic heterocycles. The molecule has 0 fully saturated rings. The van der Waals surface area contributed by atoms with Gasteiger partial charge in [-0.2, -0.15) is 5.26 Å². The summed E-state index contributed by atoms with van der Waals surface area (Å²) in [6, 6.07) is 12.0. The Morgan fingerprint density at radius 2 is 2.17 bits per heavy atom. The molecule has 1 rings (SSSR count).